The molecule has 0 amide bonds. The number of para-hydroxylation sites is 1. The van der Waals surface area contributed by atoms with Crippen molar-refractivity contribution < 1.29 is 4.74 Å². The topological polar surface area (TPSA) is 78.5 Å². The first-order valence-corrected chi connectivity index (χ1v) is 8.46. The van der Waals surface area contributed by atoms with Crippen molar-refractivity contribution in [3.05, 3.63) is 50.8 Å². The molecule has 1 aromatic carbocycles. The third kappa shape index (κ3) is 3.37. The summed E-state index contributed by atoms with van der Waals surface area (Å²) < 4.78 is 5.10. The highest BCUT2D eigenvalue weighted by Crippen LogP contribution is 2.36. The highest BCUT2D eigenvalue weighted by Gasteiger charge is 2.31. The molecule has 0 saturated carbocycles. The predicted molar refractivity (Wildman–Crippen MR) is 96.8 cm³/mol. The molecule has 0 saturated heterocycles. The lowest BCUT2D eigenvalue weighted by atomic mass is 10.2. The van der Waals surface area contributed by atoms with Gasteiger partial charge in [0.1, 0.15) is 0 Å². The summed E-state index contributed by atoms with van der Waals surface area (Å²) in [5.41, 5.74) is -0.789. The van der Waals surface area contributed by atoms with Crippen LogP contribution in [0.15, 0.2) is 33.9 Å². The van der Waals surface area contributed by atoms with Gasteiger partial charge in [0.2, 0.25) is 9.44 Å². The van der Waals surface area contributed by atoms with Crippen molar-refractivity contribution >= 4 is 51.4 Å². The maximum Gasteiger partial charge on any atom is 0.297 e. The number of ether oxygens (including phenoxy) is 1. The van der Waals surface area contributed by atoms with E-state index in [1.807, 2.05) is 0 Å². The number of methoxy groups -OCH3 is 1. The third-order valence-corrected chi connectivity index (χ3v) is 4.13. The Kier molecular flexibility index (Phi) is 5.02. The van der Waals surface area contributed by atoms with Crippen molar-refractivity contribution in [3.63, 3.8) is 0 Å². The number of hydrogen-bond acceptors (Lipinski definition) is 5. The molecule has 0 aliphatic heterocycles. The number of rotatable bonds is 4. The van der Waals surface area contributed by atoms with Crippen molar-refractivity contribution in [1.29, 1.82) is 0 Å². The van der Waals surface area contributed by atoms with Gasteiger partial charge in [-0.1, -0.05) is 46.9 Å². The van der Waals surface area contributed by atoms with Gasteiger partial charge in [0.15, 0.2) is 5.82 Å². The van der Waals surface area contributed by atoms with Crippen LogP contribution in [0.4, 0.5) is 0 Å². The number of benzene rings is 1. The second-order valence-corrected chi connectivity index (χ2v) is 7.58. The van der Waals surface area contributed by atoms with Crippen molar-refractivity contribution in [3.8, 4) is 0 Å². The molecule has 2 aromatic heterocycles. The van der Waals surface area contributed by atoms with Crippen LogP contribution in [0.3, 0.4) is 0 Å². The van der Waals surface area contributed by atoms with E-state index < -0.39 is 14.9 Å². The average Bonchev–Trinajstić information content (AvgIpc) is 2.57. The Morgan fingerprint density at radius 3 is 2.56 bits per heavy atom. The van der Waals surface area contributed by atoms with Gasteiger partial charge in [0.05, 0.1) is 10.9 Å². The molecule has 0 fully saturated rings. The first-order chi connectivity index (χ1) is 11.8. The van der Waals surface area contributed by atoms with Crippen LogP contribution in [0.1, 0.15) is 12.2 Å². The molecule has 0 N–H and O–H groups in total. The van der Waals surface area contributed by atoms with Crippen LogP contribution >= 0.6 is 34.8 Å². The fourth-order valence-corrected chi connectivity index (χ4v) is 2.92. The number of nitrogens with zero attached hydrogens (tertiary/aromatic N) is 4. The summed E-state index contributed by atoms with van der Waals surface area (Å²) in [5.74, 6) is -0.148. The van der Waals surface area contributed by atoms with Gasteiger partial charge in [-0.15, -0.1) is 5.10 Å². The van der Waals surface area contributed by atoms with E-state index >= 15 is 0 Å². The van der Waals surface area contributed by atoms with Gasteiger partial charge >= 0.3 is 0 Å². The Morgan fingerprint density at radius 2 is 1.88 bits per heavy atom. The van der Waals surface area contributed by atoms with Gasteiger partial charge in [-0.2, -0.15) is 4.52 Å². The molecule has 2 heterocycles. The maximum absolute atomic E-state index is 12.9. The Hall–Kier alpha value is -1.67. The van der Waals surface area contributed by atoms with E-state index in [0.29, 0.717) is 23.9 Å². The SMILES string of the molecule is COCCCn1c(C(Cl)(Cl)Cl)nn2c(=O)c3ccccc3nc2c1=O. The van der Waals surface area contributed by atoms with Crippen molar-refractivity contribution in [2.24, 2.45) is 0 Å². The van der Waals surface area contributed by atoms with Crippen LogP contribution in [0.2, 0.25) is 0 Å². The van der Waals surface area contributed by atoms with E-state index in [9.17, 15) is 9.59 Å². The quantitative estimate of drug-likeness (QED) is 0.379. The van der Waals surface area contributed by atoms with E-state index in [-0.39, 0.29) is 18.0 Å². The number of aromatic nitrogens is 4. The molecule has 7 nitrogen and oxygen atoms in total. The van der Waals surface area contributed by atoms with E-state index in [1.54, 1.807) is 31.4 Å². The van der Waals surface area contributed by atoms with Gasteiger partial charge in [0.25, 0.3) is 11.1 Å². The molecule has 3 aromatic rings. The molecule has 0 bridgehead atoms. The Bertz CT molecular complexity index is 1060. The molecule has 10 heteroatoms. The first-order valence-electron chi connectivity index (χ1n) is 7.33. The fraction of sp³-hybridized carbons (Fsp3) is 0.333. The largest absolute Gasteiger partial charge is 0.385 e. The molecule has 132 valence electrons. The monoisotopic (exact) mass is 402 g/mol. The molecule has 0 atom stereocenters. The molecule has 0 radical (unpaired) electrons. The van der Waals surface area contributed by atoms with Crippen LogP contribution in [0.25, 0.3) is 16.6 Å². The summed E-state index contributed by atoms with van der Waals surface area (Å²) in [4.78, 5) is 29.8. The molecule has 0 unspecified atom stereocenters. The Labute approximate surface area is 156 Å². The number of fused-ring (bicyclic) bond motifs is 2. The molecule has 25 heavy (non-hydrogen) atoms. The lowest BCUT2D eigenvalue weighted by Crippen LogP contribution is -2.36. The normalized spacial score (nSPS) is 12.2. The standard InChI is InChI=1S/C15H13Cl3N4O3/c1-25-8-4-7-21-13(24)11-19-10-6-3-2-5-9(10)12(23)22(11)20-14(21)15(16,17)18/h2-3,5-6H,4,7-8H2,1H3. The molecule has 0 spiro atoms. The summed E-state index contributed by atoms with van der Waals surface area (Å²) in [6.45, 7) is 0.622. The third-order valence-electron chi connectivity index (χ3n) is 3.62. The Morgan fingerprint density at radius 1 is 1.16 bits per heavy atom. The van der Waals surface area contributed by atoms with E-state index in [1.165, 1.54) is 4.57 Å². The van der Waals surface area contributed by atoms with Gasteiger partial charge in [-0.25, -0.2) is 4.98 Å². The first kappa shape index (κ1) is 18.1. The summed E-state index contributed by atoms with van der Waals surface area (Å²) in [5, 5.41) is 4.42. The lowest BCUT2D eigenvalue weighted by molar-refractivity contribution is 0.189. The average molecular weight is 404 g/mol. The zero-order valence-electron chi connectivity index (χ0n) is 13.1. The van der Waals surface area contributed by atoms with E-state index in [2.05, 4.69) is 10.1 Å². The van der Waals surface area contributed by atoms with E-state index in [4.69, 9.17) is 39.5 Å². The van der Waals surface area contributed by atoms with Crippen LogP contribution in [-0.4, -0.2) is 32.9 Å². The predicted octanol–water partition coefficient (Wildman–Crippen LogP) is 2.27. The van der Waals surface area contributed by atoms with Gasteiger partial charge < -0.3 is 4.74 Å². The second-order valence-electron chi connectivity index (χ2n) is 5.29. The lowest BCUT2D eigenvalue weighted by Gasteiger charge is -2.18. The van der Waals surface area contributed by atoms with Crippen LogP contribution in [-0.2, 0) is 15.1 Å². The van der Waals surface area contributed by atoms with Crippen molar-refractivity contribution in [2.45, 2.75) is 16.8 Å². The van der Waals surface area contributed by atoms with Crippen LogP contribution in [0, 0.1) is 0 Å². The molecule has 0 aliphatic carbocycles. The smallest absolute Gasteiger partial charge is 0.297 e. The summed E-state index contributed by atoms with van der Waals surface area (Å²) in [6, 6.07) is 6.66. The molecular formula is C15H13Cl3N4O3. The number of hydrogen-bond donors (Lipinski definition) is 0. The number of halogens is 3. The highest BCUT2D eigenvalue weighted by atomic mass is 35.6. The summed E-state index contributed by atoms with van der Waals surface area (Å²) >= 11 is 17.9. The van der Waals surface area contributed by atoms with Gasteiger partial charge in [-0.3, -0.25) is 14.2 Å². The molecule has 3 rings (SSSR count). The number of alkyl halides is 3. The minimum Gasteiger partial charge on any atom is -0.385 e. The van der Waals surface area contributed by atoms with Crippen LogP contribution in [0.5, 0.6) is 0 Å². The van der Waals surface area contributed by atoms with Gasteiger partial charge in [-0.05, 0) is 18.6 Å². The summed E-state index contributed by atoms with van der Waals surface area (Å²) in [7, 11) is 1.55. The minimum atomic E-state index is -1.98. The molecule has 0 aliphatic rings. The molecular weight excluding hydrogens is 391 g/mol. The minimum absolute atomic E-state index is 0.126. The van der Waals surface area contributed by atoms with Crippen molar-refractivity contribution in [2.75, 3.05) is 13.7 Å². The highest BCUT2D eigenvalue weighted by molar-refractivity contribution is 6.66. The maximum atomic E-state index is 12.9. The van der Waals surface area contributed by atoms with Crippen molar-refractivity contribution in [1.82, 2.24) is 19.2 Å². The van der Waals surface area contributed by atoms with E-state index in [0.717, 1.165) is 4.52 Å². The Balaban J connectivity index is 2.37. The zero-order valence-corrected chi connectivity index (χ0v) is 15.3. The van der Waals surface area contributed by atoms with Gasteiger partial charge in [0, 0.05) is 20.3 Å². The second kappa shape index (κ2) is 6.92. The summed E-state index contributed by atoms with van der Waals surface area (Å²) in [6.07, 6.45) is 0.500. The fourth-order valence-electron chi connectivity index (χ4n) is 2.50. The zero-order chi connectivity index (χ0) is 18.2. The van der Waals surface area contributed by atoms with Crippen LogP contribution < -0.4 is 11.1 Å².